The average molecular weight is 861 g/mol. The number of imidazole rings is 1. The van der Waals surface area contributed by atoms with Crippen molar-refractivity contribution in [3.05, 3.63) is 84.3 Å². The molecule has 60 heavy (non-hydrogen) atoms. The van der Waals surface area contributed by atoms with Gasteiger partial charge in [0.15, 0.2) is 11.2 Å². The number of rotatable bonds is 12. The van der Waals surface area contributed by atoms with Crippen LogP contribution in [0.3, 0.4) is 0 Å². The smallest absolute Gasteiger partial charge is 0.332 e. The number of piperazine rings is 1. The van der Waals surface area contributed by atoms with Crippen LogP contribution in [0.15, 0.2) is 50.4 Å². The number of nitrogens with zero attached hydrogens (tertiary/aromatic N) is 10. The monoisotopic (exact) mass is 859 g/mol. The fourth-order valence-electron chi connectivity index (χ4n) is 8.39. The maximum absolute atomic E-state index is 13.6. The Labute approximate surface area is 353 Å². The van der Waals surface area contributed by atoms with Crippen molar-refractivity contribution in [3.8, 4) is 11.5 Å². The zero-order chi connectivity index (χ0) is 42.4. The number of carbonyl (C=O) groups excluding carboxylic acids is 4. The average Bonchev–Trinajstić information content (AvgIpc) is 3.95. The SMILES string of the molecule is CNC(=O)C(CCC=O)N1C(=O)c2ccc(N3CCC(CN4CCN(c5nc6c(c(=O)n(C)c(=O)n6C)n5Cc5nnc(-c6ccc(Cl)c(Cl)c6)o5)CC4)CC3)cc2C1=O. The molecule has 2 saturated heterocycles. The zero-order valence-electron chi connectivity index (χ0n) is 33.3. The third-order valence-electron chi connectivity index (χ3n) is 11.7. The van der Waals surface area contributed by atoms with Crippen molar-refractivity contribution >= 4 is 70.0 Å². The van der Waals surface area contributed by atoms with Gasteiger partial charge in [0, 0.05) is 84.6 Å². The molecule has 2 fully saturated rings. The lowest BCUT2D eigenvalue weighted by Gasteiger charge is -2.39. The highest BCUT2D eigenvalue weighted by Gasteiger charge is 2.43. The maximum Gasteiger partial charge on any atom is 0.332 e. The molecule has 0 spiro atoms. The lowest BCUT2D eigenvalue weighted by atomic mass is 9.95. The molecule has 3 aromatic heterocycles. The fourth-order valence-corrected chi connectivity index (χ4v) is 8.69. The highest BCUT2D eigenvalue weighted by molar-refractivity contribution is 6.42. The van der Waals surface area contributed by atoms with Crippen LogP contribution in [0.5, 0.6) is 0 Å². The number of fused-ring (bicyclic) bond motifs is 2. The van der Waals surface area contributed by atoms with Crippen molar-refractivity contribution in [3.63, 3.8) is 0 Å². The van der Waals surface area contributed by atoms with E-state index in [1.54, 1.807) is 41.9 Å². The molecule has 1 unspecified atom stereocenters. The minimum atomic E-state index is -1.06. The summed E-state index contributed by atoms with van der Waals surface area (Å²) in [4.78, 5) is 89.5. The summed E-state index contributed by atoms with van der Waals surface area (Å²) in [5.41, 5.74) is 1.49. The van der Waals surface area contributed by atoms with E-state index in [2.05, 4.69) is 30.2 Å². The second-order valence-corrected chi connectivity index (χ2v) is 16.1. The van der Waals surface area contributed by atoms with Crippen LogP contribution in [0.1, 0.15) is 52.3 Å². The summed E-state index contributed by atoms with van der Waals surface area (Å²) < 4.78 is 10.2. The van der Waals surface area contributed by atoms with E-state index < -0.39 is 35.0 Å². The number of aryl methyl sites for hydroxylation is 1. The van der Waals surface area contributed by atoms with Crippen molar-refractivity contribution in [1.29, 1.82) is 0 Å². The van der Waals surface area contributed by atoms with Crippen LogP contribution >= 0.6 is 23.2 Å². The van der Waals surface area contributed by atoms with Crippen LogP contribution < -0.4 is 26.4 Å². The Hall–Kier alpha value is -5.85. The number of hydrogen-bond donors (Lipinski definition) is 1. The van der Waals surface area contributed by atoms with Crippen LogP contribution in [-0.2, 0) is 30.2 Å². The number of imide groups is 1. The number of hydrogen-bond acceptors (Lipinski definition) is 13. The third-order valence-corrected chi connectivity index (χ3v) is 12.5. The minimum absolute atomic E-state index is 0.0390. The number of amides is 3. The zero-order valence-corrected chi connectivity index (χ0v) is 34.8. The molecule has 1 N–H and O–H groups in total. The summed E-state index contributed by atoms with van der Waals surface area (Å²) >= 11 is 12.3. The van der Waals surface area contributed by atoms with Gasteiger partial charge in [-0.2, -0.15) is 4.98 Å². The van der Waals surface area contributed by atoms with E-state index in [1.807, 2.05) is 6.07 Å². The van der Waals surface area contributed by atoms with Crippen LogP contribution in [0.2, 0.25) is 10.0 Å². The molecule has 6 heterocycles. The first-order valence-electron chi connectivity index (χ1n) is 19.7. The van der Waals surface area contributed by atoms with Gasteiger partial charge in [0.25, 0.3) is 17.4 Å². The fraction of sp³-hybridized carbons (Fsp3) is 0.425. The summed E-state index contributed by atoms with van der Waals surface area (Å²) in [6.07, 6.45) is 2.63. The summed E-state index contributed by atoms with van der Waals surface area (Å²) in [7, 11) is 4.46. The molecule has 0 bridgehead atoms. The molecule has 3 amide bonds. The molecular weight excluding hydrogens is 817 g/mol. The molecule has 3 aliphatic heterocycles. The Morgan fingerprint density at radius 3 is 2.33 bits per heavy atom. The van der Waals surface area contributed by atoms with Crippen LogP contribution in [0, 0.1) is 5.92 Å². The van der Waals surface area contributed by atoms with E-state index >= 15 is 0 Å². The standard InChI is InChI=1S/C40H43Cl2N11O7/c1-43-34(55)30(5-4-18-54)53-36(56)26-8-7-25(20-27(26)37(53)57)50-12-10-23(11-13-50)21-49-14-16-51(17-15-49)39-44-33-32(38(58)48(3)40(59)47(33)2)52(39)22-31-45-46-35(60-31)24-6-9-28(41)29(42)19-24/h6-9,18-20,23,30H,4-5,10-17,21-22H2,1-3H3,(H,43,55). The van der Waals surface area contributed by atoms with Crippen molar-refractivity contribution in [2.24, 2.45) is 20.0 Å². The second kappa shape index (κ2) is 16.7. The summed E-state index contributed by atoms with van der Waals surface area (Å²) in [6.45, 7) is 5.25. The van der Waals surface area contributed by atoms with Crippen LogP contribution in [-0.4, -0.2) is 122 Å². The number of aldehydes is 1. The number of likely N-dealkylation sites (N-methyl/N-ethyl adjacent to an activating group) is 1. The van der Waals surface area contributed by atoms with Gasteiger partial charge in [-0.15, -0.1) is 10.2 Å². The van der Waals surface area contributed by atoms with Crippen LogP contribution in [0.4, 0.5) is 11.6 Å². The molecule has 0 aliphatic carbocycles. The highest BCUT2D eigenvalue weighted by Crippen LogP contribution is 2.33. The van der Waals surface area contributed by atoms with E-state index in [-0.39, 0.29) is 53.5 Å². The number of anilines is 2. The number of aromatic nitrogens is 6. The first kappa shape index (κ1) is 40.9. The molecule has 8 rings (SSSR count). The van der Waals surface area contributed by atoms with Gasteiger partial charge >= 0.3 is 5.69 Å². The Morgan fingerprint density at radius 2 is 1.63 bits per heavy atom. The van der Waals surface area contributed by atoms with Crippen molar-refractivity contribution < 1.29 is 23.6 Å². The predicted molar refractivity (Wildman–Crippen MR) is 223 cm³/mol. The molecule has 0 radical (unpaired) electrons. The molecule has 20 heteroatoms. The second-order valence-electron chi connectivity index (χ2n) is 15.3. The van der Waals surface area contributed by atoms with Crippen molar-refractivity contribution in [1.82, 2.24) is 44.0 Å². The Balaban J connectivity index is 0.923. The predicted octanol–water partition coefficient (Wildman–Crippen LogP) is 2.57. The van der Waals surface area contributed by atoms with E-state index in [9.17, 15) is 28.8 Å². The summed E-state index contributed by atoms with van der Waals surface area (Å²) in [5.74, 6) is -0.123. The quantitative estimate of drug-likeness (QED) is 0.142. The van der Waals surface area contributed by atoms with Gasteiger partial charge in [0.05, 0.1) is 21.2 Å². The number of halogens is 2. The lowest BCUT2D eigenvalue weighted by molar-refractivity contribution is -0.124. The van der Waals surface area contributed by atoms with Gasteiger partial charge in [0.2, 0.25) is 23.6 Å². The highest BCUT2D eigenvalue weighted by atomic mass is 35.5. The van der Waals surface area contributed by atoms with Gasteiger partial charge < -0.3 is 24.3 Å². The first-order valence-corrected chi connectivity index (χ1v) is 20.5. The molecule has 2 aromatic carbocycles. The topological polar surface area (TPSA) is 194 Å². The van der Waals surface area contributed by atoms with E-state index in [0.29, 0.717) is 46.9 Å². The van der Waals surface area contributed by atoms with E-state index in [0.717, 1.165) is 60.7 Å². The van der Waals surface area contributed by atoms with E-state index in [1.165, 1.54) is 18.7 Å². The number of carbonyl (C=O) groups is 4. The van der Waals surface area contributed by atoms with Crippen LogP contribution in [0.25, 0.3) is 22.6 Å². The molecule has 314 valence electrons. The molecule has 5 aromatic rings. The normalized spacial score (nSPS) is 16.9. The van der Waals surface area contributed by atoms with Gasteiger partial charge in [-0.1, -0.05) is 23.2 Å². The van der Waals surface area contributed by atoms with Gasteiger partial charge in [0.1, 0.15) is 18.9 Å². The molecule has 3 aliphatic rings. The Kier molecular flexibility index (Phi) is 11.4. The third kappa shape index (κ3) is 7.47. The first-order chi connectivity index (χ1) is 28.9. The van der Waals surface area contributed by atoms with Gasteiger partial charge in [-0.25, -0.2) is 4.79 Å². The van der Waals surface area contributed by atoms with Gasteiger partial charge in [-0.05, 0) is 61.6 Å². The minimum Gasteiger partial charge on any atom is -0.419 e. The molecule has 1 atom stereocenters. The number of piperidine rings is 1. The Bertz CT molecular complexity index is 2640. The largest absolute Gasteiger partial charge is 0.419 e. The molecule has 0 saturated carbocycles. The molecule has 18 nitrogen and oxygen atoms in total. The van der Waals surface area contributed by atoms with Crippen molar-refractivity contribution in [2.75, 3.05) is 62.7 Å². The number of nitrogens with one attached hydrogen (secondary N) is 1. The summed E-state index contributed by atoms with van der Waals surface area (Å²) in [5, 5.41) is 11.7. The summed E-state index contributed by atoms with van der Waals surface area (Å²) in [6, 6.07) is 9.18. The number of benzene rings is 2. The lowest BCUT2D eigenvalue weighted by Crippen LogP contribution is -2.49. The maximum atomic E-state index is 13.6. The van der Waals surface area contributed by atoms with Gasteiger partial charge in [-0.3, -0.25) is 42.7 Å². The molecular formula is C40H43Cl2N11O7. The Morgan fingerprint density at radius 1 is 0.900 bits per heavy atom. The van der Waals surface area contributed by atoms with E-state index in [4.69, 9.17) is 32.6 Å². The van der Waals surface area contributed by atoms with Crippen molar-refractivity contribution in [2.45, 2.75) is 38.3 Å².